The van der Waals surface area contributed by atoms with E-state index >= 15 is 0 Å². The van der Waals surface area contributed by atoms with E-state index in [-0.39, 0.29) is 25.6 Å². The molecular weight excluding hydrogens is 416 g/mol. The summed E-state index contributed by atoms with van der Waals surface area (Å²) in [4.78, 5) is 21.4. The minimum atomic E-state index is -0.827. The second-order valence-corrected chi connectivity index (χ2v) is 7.60. The molecule has 1 saturated heterocycles. The van der Waals surface area contributed by atoms with Crippen LogP contribution in [0.2, 0.25) is 0 Å². The van der Waals surface area contributed by atoms with Gasteiger partial charge in [-0.05, 0) is 5.92 Å². The average molecular weight is 444 g/mol. The topological polar surface area (TPSA) is 134 Å². The number of hydrogen-bond donors (Lipinski definition) is 2. The lowest BCUT2D eigenvalue weighted by molar-refractivity contribution is -0.0470. The Kier molecular flexibility index (Phi) is 7.70. The van der Waals surface area contributed by atoms with Crippen LogP contribution in [0.15, 0.2) is 9.98 Å². The van der Waals surface area contributed by atoms with Crippen LogP contribution in [-0.4, -0.2) is 113 Å². The van der Waals surface area contributed by atoms with Gasteiger partial charge in [0.2, 0.25) is 0 Å². The molecule has 1 fully saturated rings. The first-order chi connectivity index (χ1) is 15.3. The predicted octanol–water partition coefficient (Wildman–Crippen LogP) is -0.0923. The Hall–Kier alpha value is -3.11. The standard InChI is InChI=1S/C20H28N8O4/c1-26(2)11-21-18-17-13(7-6-8-31-5)25-28(16-9-14(30)15(10-29)32-16)19(17)24-20(23-18)22-12-27(3)4/h11-12,14-16,29-30H,8-10H2,1-5H3/b21-11-,22-12+. The Balaban J connectivity index is 2.22. The highest BCUT2D eigenvalue weighted by molar-refractivity contribution is 5.92. The highest BCUT2D eigenvalue weighted by Crippen LogP contribution is 2.34. The Morgan fingerprint density at radius 2 is 1.94 bits per heavy atom. The Morgan fingerprint density at radius 1 is 1.22 bits per heavy atom. The molecule has 1 aliphatic rings. The maximum absolute atomic E-state index is 10.2. The van der Waals surface area contributed by atoms with Crippen LogP contribution >= 0.6 is 0 Å². The first-order valence-electron chi connectivity index (χ1n) is 9.97. The van der Waals surface area contributed by atoms with Gasteiger partial charge in [-0.1, -0.05) is 5.92 Å². The van der Waals surface area contributed by atoms with E-state index in [9.17, 15) is 10.2 Å². The largest absolute Gasteiger partial charge is 0.394 e. The van der Waals surface area contributed by atoms with E-state index < -0.39 is 18.4 Å². The molecule has 2 aromatic rings. The number of rotatable bonds is 7. The van der Waals surface area contributed by atoms with E-state index in [0.29, 0.717) is 22.5 Å². The molecule has 12 nitrogen and oxygen atoms in total. The van der Waals surface area contributed by atoms with Crippen LogP contribution in [0, 0.1) is 11.8 Å². The monoisotopic (exact) mass is 444 g/mol. The summed E-state index contributed by atoms with van der Waals surface area (Å²) < 4.78 is 12.4. The molecule has 2 aromatic heterocycles. The lowest BCUT2D eigenvalue weighted by Crippen LogP contribution is -2.24. The number of aliphatic hydroxyl groups is 2. The maximum atomic E-state index is 10.2. The summed E-state index contributed by atoms with van der Waals surface area (Å²) in [6.07, 6.45) is 1.26. The second kappa shape index (κ2) is 10.5. The number of aromatic nitrogens is 4. The summed E-state index contributed by atoms with van der Waals surface area (Å²) >= 11 is 0. The molecule has 12 heteroatoms. The second-order valence-electron chi connectivity index (χ2n) is 7.60. The van der Waals surface area contributed by atoms with Crippen LogP contribution in [-0.2, 0) is 9.47 Å². The van der Waals surface area contributed by atoms with Crippen molar-refractivity contribution >= 4 is 35.5 Å². The molecule has 3 heterocycles. The average Bonchev–Trinajstić information content (AvgIpc) is 3.30. The van der Waals surface area contributed by atoms with Crippen molar-refractivity contribution in [2.45, 2.75) is 24.9 Å². The van der Waals surface area contributed by atoms with Crippen molar-refractivity contribution in [3.8, 4) is 11.8 Å². The van der Waals surface area contributed by atoms with Crippen molar-refractivity contribution in [1.29, 1.82) is 0 Å². The van der Waals surface area contributed by atoms with Crippen LogP contribution < -0.4 is 0 Å². The molecule has 0 radical (unpaired) electrons. The summed E-state index contributed by atoms with van der Waals surface area (Å²) in [5, 5.41) is 24.8. The molecule has 3 atom stereocenters. The zero-order valence-corrected chi connectivity index (χ0v) is 18.8. The molecule has 0 saturated carbocycles. The predicted molar refractivity (Wildman–Crippen MR) is 119 cm³/mol. The Labute approximate surface area is 186 Å². The normalized spacial score (nSPS) is 20.9. The van der Waals surface area contributed by atoms with Crippen molar-refractivity contribution < 1.29 is 19.7 Å². The molecule has 0 bridgehead atoms. The zero-order chi connectivity index (χ0) is 23.3. The van der Waals surface area contributed by atoms with Crippen molar-refractivity contribution in [3.05, 3.63) is 5.69 Å². The van der Waals surface area contributed by atoms with Gasteiger partial charge in [0.1, 0.15) is 23.8 Å². The van der Waals surface area contributed by atoms with E-state index in [2.05, 4.69) is 36.9 Å². The summed E-state index contributed by atoms with van der Waals surface area (Å²) in [7, 11) is 8.92. The SMILES string of the molecule is COCC#Cc1nn(C2CC(O)C(CO)O2)c2nc(/N=C/N(C)C)nc(/N=C\N(C)C)c12. The third kappa shape index (κ3) is 5.38. The molecule has 0 aliphatic carbocycles. The van der Waals surface area contributed by atoms with Crippen LogP contribution in [0.5, 0.6) is 0 Å². The molecule has 0 aromatic carbocycles. The highest BCUT2D eigenvalue weighted by Gasteiger charge is 2.36. The Morgan fingerprint density at radius 3 is 2.56 bits per heavy atom. The van der Waals surface area contributed by atoms with E-state index in [1.165, 1.54) is 4.68 Å². The molecule has 3 unspecified atom stereocenters. The fourth-order valence-electron chi connectivity index (χ4n) is 3.01. The number of fused-ring (bicyclic) bond motifs is 1. The van der Waals surface area contributed by atoms with Gasteiger partial charge in [-0.25, -0.2) is 14.7 Å². The van der Waals surface area contributed by atoms with Crippen molar-refractivity contribution in [2.75, 3.05) is 48.5 Å². The fourth-order valence-corrected chi connectivity index (χ4v) is 3.01. The van der Waals surface area contributed by atoms with Crippen molar-refractivity contribution in [1.82, 2.24) is 29.5 Å². The molecule has 1 aliphatic heterocycles. The Bertz CT molecular complexity index is 1050. The van der Waals surface area contributed by atoms with E-state index in [0.717, 1.165) is 0 Å². The molecule has 3 rings (SSSR count). The fraction of sp³-hybridized carbons (Fsp3) is 0.550. The van der Waals surface area contributed by atoms with Gasteiger partial charge in [0.15, 0.2) is 17.7 Å². The van der Waals surface area contributed by atoms with E-state index in [1.54, 1.807) is 29.6 Å². The lowest BCUT2D eigenvalue weighted by atomic mass is 10.2. The number of hydrogen-bond acceptors (Lipinski definition) is 9. The third-order valence-electron chi connectivity index (χ3n) is 4.42. The molecule has 172 valence electrons. The quantitative estimate of drug-likeness (QED) is 0.341. The van der Waals surface area contributed by atoms with Crippen molar-refractivity contribution in [3.63, 3.8) is 0 Å². The van der Waals surface area contributed by atoms with Crippen LogP contribution in [0.3, 0.4) is 0 Å². The van der Waals surface area contributed by atoms with E-state index in [1.807, 2.05) is 28.2 Å². The van der Waals surface area contributed by atoms with Crippen LogP contribution in [0.4, 0.5) is 11.8 Å². The van der Waals surface area contributed by atoms with Gasteiger partial charge < -0.3 is 29.5 Å². The zero-order valence-electron chi connectivity index (χ0n) is 18.8. The summed E-state index contributed by atoms with van der Waals surface area (Å²) in [5.74, 6) is 6.40. The number of aliphatic imine (C=N–C) groups is 2. The van der Waals surface area contributed by atoms with Gasteiger partial charge in [0, 0.05) is 41.7 Å². The van der Waals surface area contributed by atoms with Gasteiger partial charge in [-0.2, -0.15) is 15.1 Å². The van der Waals surface area contributed by atoms with Gasteiger partial charge >= 0.3 is 0 Å². The summed E-state index contributed by atoms with van der Waals surface area (Å²) in [6.45, 7) is -0.0783. The smallest absolute Gasteiger partial charge is 0.254 e. The lowest BCUT2D eigenvalue weighted by Gasteiger charge is -2.13. The minimum Gasteiger partial charge on any atom is -0.394 e. The number of aliphatic hydroxyl groups excluding tert-OH is 2. The van der Waals surface area contributed by atoms with Gasteiger partial charge in [0.05, 0.1) is 25.4 Å². The first kappa shape index (κ1) is 23.6. The number of nitrogens with zero attached hydrogens (tertiary/aromatic N) is 8. The molecule has 32 heavy (non-hydrogen) atoms. The minimum absolute atomic E-state index is 0.187. The molecule has 0 spiro atoms. The third-order valence-corrected chi connectivity index (χ3v) is 4.42. The number of methoxy groups -OCH3 is 1. The molecule has 0 amide bonds. The van der Waals surface area contributed by atoms with Crippen molar-refractivity contribution in [2.24, 2.45) is 9.98 Å². The van der Waals surface area contributed by atoms with Crippen LogP contribution in [0.1, 0.15) is 18.3 Å². The molecule has 2 N–H and O–H groups in total. The maximum Gasteiger partial charge on any atom is 0.254 e. The van der Waals surface area contributed by atoms with Gasteiger partial charge in [-0.3, -0.25) is 0 Å². The summed E-state index contributed by atoms with van der Waals surface area (Å²) in [6, 6.07) is 0. The van der Waals surface area contributed by atoms with Gasteiger partial charge in [-0.15, -0.1) is 0 Å². The summed E-state index contributed by atoms with van der Waals surface area (Å²) in [5.41, 5.74) is 0.811. The van der Waals surface area contributed by atoms with E-state index in [4.69, 9.17) is 9.47 Å². The number of ether oxygens (including phenoxy) is 2. The van der Waals surface area contributed by atoms with Gasteiger partial charge in [0.25, 0.3) is 5.95 Å². The first-order valence-corrected chi connectivity index (χ1v) is 9.97. The molecular formula is C20H28N8O4. The highest BCUT2D eigenvalue weighted by atomic mass is 16.5. The van der Waals surface area contributed by atoms with Crippen LogP contribution in [0.25, 0.3) is 11.0 Å².